The van der Waals surface area contributed by atoms with Crippen LogP contribution in [0.25, 0.3) is 0 Å². The van der Waals surface area contributed by atoms with Crippen molar-refractivity contribution in [2.45, 2.75) is 25.4 Å². The summed E-state index contributed by atoms with van der Waals surface area (Å²) in [4.78, 5) is 24.7. The number of benzene rings is 3. The first kappa shape index (κ1) is 24.6. The highest BCUT2D eigenvalue weighted by molar-refractivity contribution is 6.31. The maximum Gasteiger partial charge on any atom is 0.416 e. The van der Waals surface area contributed by atoms with Crippen LogP contribution in [0.1, 0.15) is 62.2 Å². The van der Waals surface area contributed by atoms with Crippen LogP contribution < -0.4 is 10.6 Å². The minimum absolute atomic E-state index is 0.0123. The fourth-order valence-corrected chi connectivity index (χ4v) is 4.12. The van der Waals surface area contributed by atoms with Gasteiger partial charge in [0.25, 0.3) is 5.91 Å². The van der Waals surface area contributed by atoms with Gasteiger partial charge in [-0.05, 0) is 55.5 Å². The topological polar surface area (TPSA) is 78.4 Å². The molecule has 182 valence electrons. The molecule has 5 nitrogen and oxygen atoms in total. The molecule has 3 aromatic carbocycles. The van der Waals surface area contributed by atoms with E-state index in [0.29, 0.717) is 12.1 Å². The summed E-state index contributed by atoms with van der Waals surface area (Å²) < 4.78 is 67.2. The molecule has 3 aromatic rings. The lowest BCUT2D eigenvalue weighted by atomic mass is 9.93. The van der Waals surface area contributed by atoms with Crippen LogP contribution in [0, 0.1) is 11.6 Å². The van der Waals surface area contributed by atoms with Crippen molar-refractivity contribution in [1.29, 1.82) is 0 Å². The molecular formula is C24H16ClF5N2O3. The number of amides is 1. The van der Waals surface area contributed by atoms with Gasteiger partial charge in [-0.2, -0.15) is 13.2 Å². The zero-order valence-corrected chi connectivity index (χ0v) is 18.6. The fraction of sp³-hybridized carbons (Fsp3) is 0.167. The summed E-state index contributed by atoms with van der Waals surface area (Å²) in [6.07, 6.45) is -6.72. The first-order valence-electron chi connectivity index (χ1n) is 10.1. The van der Waals surface area contributed by atoms with E-state index in [1.165, 1.54) is 25.1 Å². The summed E-state index contributed by atoms with van der Waals surface area (Å²) >= 11 is 6.21. The molecule has 2 atom stereocenters. The molecule has 0 aliphatic carbocycles. The van der Waals surface area contributed by atoms with Crippen LogP contribution in [-0.4, -0.2) is 16.8 Å². The number of alkyl halides is 3. The number of rotatable bonds is 5. The normalized spacial score (nSPS) is 16.0. The van der Waals surface area contributed by atoms with Gasteiger partial charge in [-0.25, -0.2) is 8.78 Å². The van der Waals surface area contributed by atoms with E-state index in [1.54, 1.807) is 0 Å². The number of Topliss-reactive ketones (excluding diaryl/α,β-unsaturated/α-hetero) is 1. The van der Waals surface area contributed by atoms with Gasteiger partial charge in [0.2, 0.25) is 0 Å². The smallest absolute Gasteiger partial charge is 0.369 e. The number of anilines is 1. The van der Waals surface area contributed by atoms with Gasteiger partial charge in [0.15, 0.2) is 12.0 Å². The first-order valence-corrected chi connectivity index (χ1v) is 10.5. The van der Waals surface area contributed by atoms with E-state index in [9.17, 15) is 36.6 Å². The molecule has 2 unspecified atom stereocenters. The number of hydrogen-bond acceptors (Lipinski definition) is 4. The molecule has 0 radical (unpaired) electrons. The van der Waals surface area contributed by atoms with Crippen LogP contribution in [0.5, 0.6) is 0 Å². The van der Waals surface area contributed by atoms with Gasteiger partial charge in [-0.3, -0.25) is 9.59 Å². The van der Waals surface area contributed by atoms with Crippen molar-refractivity contribution in [3.63, 3.8) is 0 Å². The third kappa shape index (κ3) is 4.85. The number of carbonyl (C=O) groups is 2. The average molecular weight is 511 g/mol. The zero-order chi connectivity index (χ0) is 25.7. The standard InChI is InChI=1S/C24H16ClF5N2O3/c1-10(33)11-6-17-20(21(32-23(17)35)16-9-14(26)2-3-18(16)25)19(7-11)31-22(34)12-4-13(24(28,29)30)8-15(27)5-12/h2-9,21-22,31,34H,1H3,(H,32,35). The molecule has 0 aromatic heterocycles. The minimum atomic E-state index is -4.86. The highest BCUT2D eigenvalue weighted by atomic mass is 35.5. The molecule has 0 fully saturated rings. The second kappa shape index (κ2) is 8.94. The number of ketones is 1. The fourth-order valence-electron chi connectivity index (χ4n) is 3.89. The number of aliphatic hydroxyl groups is 1. The van der Waals surface area contributed by atoms with Gasteiger partial charge in [-0.1, -0.05) is 11.6 Å². The third-order valence-electron chi connectivity index (χ3n) is 5.52. The Bertz CT molecular complexity index is 1360. The predicted octanol–water partition coefficient (Wildman–Crippen LogP) is 5.78. The maximum absolute atomic E-state index is 13.9. The number of halogens is 6. The molecule has 1 amide bonds. The van der Waals surface area contributed by atoms with Crippen LogP contribution >= 0.6 is 11.6 Å². The van der Waals surface area contributed by atoms with Crippen molar-refractivity contribution in [3.05, 3.63) is 98.6 Å². The van der Waals surface area contributed by atoms with Crippen LogP contribution in [0.4, 0.5) is 27.6 Å². The number of aliphatic hydroxyl groups excluding tert-OH is 1. The summed E-state index contributed by atoms with van der Waals surface area (Å²) in [7, 11) is 0. The molecule has 4 rings (SSSR count). The summed E-state index contributed by atoms with van der Waals surface area (Å²) in [5, 5.41) is 16.0. The number of fused-ring (bicyclic) bond motifs is 1. The Morgan fingerprint density at radius 1 is 1.09 bits per heavy atom. The molecule has 0 saturated heterocycles. The molecular weight excluding hydrogens is 495 g/mol. The van der Waals surface area contributed by atoms with Gasteiger partial charge in [-0.15, -0.1) is 0 Å². The van der Waals surface area contributed by atoms with E-state index in [-0.39, 0.29) is 39.0 Å². The van der Waals surface area contributed by atoms with Crippen molar-refractivity contribution in [2.24, 2.45) is 0 Å². The molecule has 1 aliphatic heterocycles. The van der Waals surface area contributed by atoms with E-state index in [0.717, 1.165) is 12.1 Å². The highest BCUT2D eigenvalue weighted by Crippen LogP contribution is 2.41. The summed E-state index contributed by atoms with van der Waals surface area (Å²) in [6.45, 7) is 1.23. The van der Waals surface area contributed by atoms with Crippen molar-refractivity contribution >= 4 is 29.0 Å². The summed E-state index contributed by atoms with van der Waals surface area (Å²) in [6, 6.07) is 6.66. The van der Waals surface area contributed by atoms with E-state index in [4.69, 9.17) is 11.6 Å². The van der Waals surface area contributed by atoms with Crippen molar-refractivity contribution in [2.75, 3.05) is 5.32 Å². The SMILES string of the molecule is CC(=O)c1cc(NC(O)c2cc(F)cc(C(F)(F)F)c2)c2c(c1)C(=O)NC2c1cc(F)ccc1Cl. The molecule has 1 aliphatic rings. The monoisotopic (exact) mass is 510 g/mol. The second-order valence-electron chi connectivity index (χ2n) is 7.93. The number of nitrogens with one attached hydrogen (secondary N) is 2. The molecule has 35 heavy (non-hydrogen) atoms. The van der Waals surface area contributed by atoms with Crippen molar-refractivity contribution in [1.82, 2.24) is 5.32 Å². The molecule has 0 bridgehead atoms. The zero-order valence-electron chi connectivity index (χ0n) is 17.8. The highest BCUT2D eigenvalue weighted by Gasteiger charge is 2.36. The minimum Gasteiger partial charge on any atom is -0.369 e. The van der Waals surface area contributed by atoms with Crippen LogP contribution in [0.2, 0.25) is 5.02 Å². The molecule has 0 spiro atoms. The van der Waals surface area contributed by atoms with Crippen molar-refractivity contribution in [3.8, 4) is 0 Å². The predicted molar refractivity (Wildman–Crippen MR) is 117 cm³/mol. The van der Waals surface area contributed by atoms with E-state index < -0.39 is 52.9 Å². The maximum atomic E-state index is 13.9. The van der Waals surface area contributed by atoms with E-state index >= 15 is 0 Å². The van der Waals surface area contributed by atoms with Crippen LogP contribution in [-0.2, 0) is 6.18 Å². The number of hydrogen-bond donors (Lipinski definition) is 3. The average Bonchev–Trinajstić information content (AvgIpc) is 3.11. The Hall–Kier alpha value is -3.50. The van der Waals surface area contributed by atoms with Gasteiger partial charge in [0, 0.05) is 38.5 Å². The molecule has 1 heterocycles. The quantitative estimate of drug-likeness (QED) is 0.231. The van der Waals surface area contributed by atoms with Gasteiger partial charge < -0.3 is 15.7 Å². The Morgan fingerprint density at radius 2 is 1.80 bits per heavy atom. The van der Waals surface area contributed by atoms with E-state index in [1.807, 2.05) is 0 Å². The van der Waals surface area contributed by atoms with Gasteiger partial charge in [0.05, 0.1) is 11.6 Å². The lowest BCUT2D eigenvalue weighted by Gasteiger charge is -2.22. The van der Waals surface area contributed by atoms with Crippen molar-refractivity contribution < 1.29 is 36.6 Å². The van der Waals surface area contributed by atoms with Gasteiger partial charge in [0.1, 0.15) is 11.6 Å². The largest absolute Gasteiger partial charge is 0.416 e. The van der Waals surface area contributed by atoms with Crippen LogP contribution in [0.3, 0.4) is 0 Å². The van der Waals surface area contributed by atoms with Gasteiger partial charge >= 0.3 is 6.18 Å². The van der Waals surface area contributed by atoms with E-state index in [2.05, 4.69) is 10.6 Å². The molecule has 11 heteroatoms. The molecule has 3 N–H and O–H groups in total. The van der Waals surface area contributed by atoms with Crippen LogP contribution in [0.15, 0.2) is 48.5 Å². The number of carbonyl (C=O) groups excluding carboxylic acids is 2. The third-order valence-corrected chi connectivity index (χ3v) is 5.86. The lowest BCUT2D eigenvalue weighted by Crippen LogP contribution is -2.21. The lowest BCUT2D eigenvalue weighted by molar-refractivity contribution is -0.137. The second-order valence-corrected chi connectivity index (χ2v) is 8.34. The Kier molecular flexibility index (Phi) is 6.29. The summed E-state index contributed by atoms with van der Waals surface area (Å²) in [5.74, 6) is -2.91. The Morgan fingerprint density at radius 3 is 2.46 bits per heavy atom. The Balaban J connectivity index is 1.83. The molecule has 0 saturated carbocycles. The Labute approximate surface area is 200 Å². The first-order chi connectivity index (χ1) is 16.3. The summed E-state index contributed by atoms with van der Waals surface area (Å²) in [5.41, 5.74) is -1.32.